The van der Waals surface area contributed by atoms with Gasteiger partial charge in [0.15, 0.2) is 12.5 Å². The van der Waals surface area contributed by atoms with Crippen molar-refractivity contribution in [2.75, 3.05) is 19.8 Å². The van der Waals surface area contributed by atoms with E-state index in [0.29, 0.717) is 0 Å². The van der Waals surface area contributed by atoms with E-state index in [2.05, 4.69) is 21.3 Å². The van der Waals surface area contributed by atoms with Crippen molar-refractivity contribution < 1.29 is 63.7 Å². The summed E-state index contributed by atoms with van der Waals surface area (Å²) < 4.78 is 22.0. The van der Waals surface area contributed by atoms with E-state index in [9.17, 15) is 44.7 Å². The molecule has 3 rings (SSSR count). The van der Waals surface area contributed by atoms with Gasteiger partial charge in [-0.05, 0) is 6.92 Å². The van der Waals surface area contributed by atoms with Crippen LogP contribution in [0.2, 0.25) is 0 Å². The van der Waals surface area contributed by atoms with Crippen LogP contribution in [-0.4, -0.2) is 142 Å². The lowest BCUT2D eigenvalue weighted by atomic mass is 9.94. The summed E-state index contributed by atoms with van der Waals surface area (Å²) >= 11 is 0. The number of ether oxygens (including phenoxy) is 4. The lowest BCUT2D eigenvalue weighted by Crippen LogP contribution is -2.71. The Labute approximate surface area is 223 Å². The summed E-state index contributed by atoms with van der Waals surface area (Å²) in [7, 11) is 0. The van der Waals surface area contributed by atoms with Crippen molar-refractivity contribution in [2.45, 2.75) is 94.1 Å². The second-order valence-electron chi connectivity index (χ2n) is 9.41. The molecule has 0 aromatic carbocycles. The van der Waals surface area contributed by atoms with E-state index in [1.165, 1.54) is 0 Å². The quantitative estimate of drug-likeness (QED) is 0.0883. The summed E-state index contributed by atoms with van der Waals surface area (Å²) in [6.45, 7) is 2.56. The molecule has 17 nitrogen and oxygen atoms in total. The molecule has 0 radical (unpaired) electrons. The summed E-state index contributed by atoms with van der Waals surface area (Å²) in [6, 6.07) is -4.50. The molecule has 39 heavy (non-hydrogen) atoms. The lowest BCUT2D eigenvalue weighted by Gasteiger charge is -2.48. The topological polar surface area (TPSA) is 264 Å². The number of aliphatic hydroxyl groups is 5. The highest BCUT2D eigenvalue weighted by Gasteiger charge is 2.54. The van der Waals surface area contributed by atoms with Gasteiger partial charge in [0.2, 0.25) is 17.7 Å². The lowest BCUT2D eigenvalue weighted by molar-refractivity contribution is -0.315. The van der Waals surface area contributed by atoms with Gasteiger partial charge in [0, 0.05) is 13.8 Å². The fourth-order valence-electron chi connectivity index (χ4n) is 4.56. The molecule has 0 unspecified atom stereocenters. The van der Waals surface area contributed by atoms with Crippen molar-refractivity contribution in [3.8, 4) is 0 Å². The third kappa shape index (κ3) is 7.19. The molecule has 0 bridgehead atoms. The Morgan fingerprint density at radius 1 is 0.821 bits per heavy atom. The SMILES string of the molecule is CCOC(=O)[C@H]1N[C@@H]1C(=O)N[C@@H]1O[C@H](CO)[C@@H](O[C@@H]2O[C@H](CO)[C@@H](O)[C@H](O)[C@H]2NC(C)=O)[C@H](O)[C@H]1NC(C)=O. The molecule has 0 saturated carbocycles. The Balaban J connectivity index is 1.79. The first-order valence-corrected chi connectivity index (χ1v) is 12.4. The fourth-order valence-corrected chi connectivity index (χ4v) is 4.56. The maximum absolute atomic E-state index is 12.7. The second kappa shape index (κ2) is 13.2. The number of carbonyl (C=O) groups is 4. The Morgan fingerprint density at radius 2 is 1.44 bits per heavy atom. The molecule has 222 valence electrons. The zero-order valence-electron chi connectivity index (χ0n) is 21.6. The van der Waals surface area contributed by atoms with Crippen LogP contribution in [0.15, 0.2) is 0 Å². The number of rotatable bonds is 10. The van der Waals surface area contributed by atoms with E-state index in [1.807, 2.05) is 0 Å². The van der Waals surface area contributed by atoms with Gasteiger partial charge in [-0.2, -0.15) is 0 Å². The Bertz CT molecular complexity index is 909. The third-order valence-corrected chi connectivity index (χ3v) is 6.50. The highest BCUT2D eigenvalue weighted by molar-refractivity contribution is 5.95. The van der Waals surface area contributed by atoms with Gasteiger partial charge in [-0.3, -0.25) is 24.5 Å². The van der Waals surface area contributed by atoms with Gasteiger partial charge < -0.3 is 60.4 Å². The maximum Gasteiger partial charge on any atom is 0.325 e. The number of carbonyl (C=O) groups excluding carboxylic acids is 4. The van der Waals surface area contributed by atoms with Crippen LogP contribution < -0.4 is 21.3 Å². The van der Waals surface area contributed by atoms with Crippen molar-refractivity contribution in [3.05, 3.63) is 0 Å². The molecule has 12 atom stereocenters. The van der Waals surface area contributed by atoms with Crippen LogP contribution in [0.4, 0.5) is 0 Å². The van der Waals surface area contributed by atoms with Gasteiger partial charge in [0.05, 0.1) is 19.8 Å². The molecule has 17 heteroatoms. The van der Waals surface area contributed by atoms with Crippen molar-refractivity contribution in [2.24, 2.45) is 0 Å². The van der Waals surface area contributed by atoms with Gasteiger partial charge in [-0.1, -0.05) is 0 Å². The van der Waals surface area contributed by atoms with Gasteiger partial charge in [0.1, 0.15) is 60.8 Å². The highest BCUT2D eigenvalue weighted by atomic mass is 16.7. The van der Waals surface area contributed by atoms with Crippen LogP contribution in [-0.2, 0) is 38.1 Å². The molecule has 3 aliphatic heterocycles. The summed E-state index contributed by atoms with van der Waals surface area (Å²) in [6.07, 6.45) is -11.9. The Hall–Kier alpha value is -2.48. The summed E-state index contributed by atoms with van der Waals surface area (Å²) in [4.78, 5) is 48.2. The van der Waals surface area contributed by atoms with Gasteiger partial charge >= 0.3 is 5.97 Å². The molecular formula is C22H36N4O13. The largest absolute Gasteiger partial charge is 0.465 e. The first kappa shape index (κ1) is 31.1. The van der Waals surface area contributed by atoms with E-state index >= 15 is 0 Å². The molecule has 0 aliphatic carbocycles. The molecule has 0 aromatic heterocycles. The highest BCUT2D eigenvalue weighted by Crippen LogP contribution is 2.29. The number of nitrogens with one attached hydrogen (secondary N) is 4. The summed E-state index contributed by atoms with van der Waals surface area (Å²) in [5.74, 6) is -2.54. The fraction of sp³-hybridized carbons (Fsp3) is 0.818. The van der Waals surface area contributed by atoms with E-state index in [0.717, 1.165) is 13.8 Å². The first-order valence-electron chi connectivity index (χ1n) is 12.4. The summed E-state index contributed by atoms with van der Waals surface area (Å²) in [5.41, 5.74) is 0. The Kier molecular flexibility index (Phi) is 10.5. The van der Waals surface area contributed by atoms with Gasteiger partial charge in [-0.15, -0.1) is 0 Å². The molecule has 3 saturated heterocycles. The van der Waals surface area contributed by atoms with Crippen LogP contribution >= 0.6 is 0 Å². The van der Waals surface area contributed by atoms with E-state index in [1.54, 1.807) is 6.92 Å². The molecule has 9 N–H and O–H groups in total. The molecule has 0 aromatic rings. The number of esters is 1. The van der Waals surface area contributed by atoms with Crippen molar-refractivity contribution >= 4 is 23.7 Å². The average Bonchev–Trinajstić information content (AvgIpc) is 3.68. The molecule has 3 amide bonds. The zero-order valence-corrected chi connectivity index (χ0v) is 21.6. The standard InChI is InChI=1S/C22H36N4O13/c1-4-36-21(35)12-11(25-12)19(34)26-20-13(23-7(2)29)17(33)18(10(6-28)37-20)39-22-14(24-8(3)30)16(32)15(31)9(5-27)38-22/h9-18,20,22,25,27-28,31-33H,4-6H2,1-3H3,(H,23,29)(H,24,30)(H,26,34)/t9-,10-,11+,12+,13-,14-,15-,16-,17-,18-,20-,22+/m1/s1. The average molecular weight is 565 g/mol. The van der Waals surface area contributed by atoms with Crippen LogP contribution in [0.25, 0.3) is 0 Å². The monoisotopic (exact) mass is 564 g/mol. The van der Waals surface area contributed by atoms with Crippen molar-refractivity contribution in [3.63, 3.8) is 0 Å². The number of aliphatic hydroxyl groups excluding tert-OH is 5. The molecular weight excluding hydrogens is 528 g/mol. The molecule has 3 fully saturated rings. The van der Waals surface area contributed by atoms with Crippen LogP contribution in [0.5, 0.6) is 0 Å². The smallest absolute Gasteiger partial charge is 0.325 e. The Morgan fingerprint density at radius 3 is 2.00 bits per heavy atom. The zero-order chi connectivity index (χ0) is 29.0. The van der Waals surface area contributed by atoms with Crippen molar-refractivity contribution in [1.82, 2.24) is 21.3 Å². The number of hydrogen-bond donors (Lipinski definition) is 9. The molecule has 3 heterocycles. The minimum Gasteiger partial charge on any atom is -0.465 e. The first-order chi connectivity index (χ1) is 18.4. The van der Waals surface area contributed by atoms with E-state index < -0.39 is 110 Å². The third-order valence-electron chi connectivity index (χ3n) is 6.50. The normalized spacial score (nSPS) is 39.8. The minimum atomic E-state index is -1.66. The van der Waals surface area contributed by atoms with Crippen molar-refractivity contribution in [1.29, 1.82) is 0 Å². The molecule has 0 spiro atoms. The predicted molar refractivity (Wildman–Crippen MR) is 125 cm³/mol. The van der Waals surface area contributed by atoms with E-state index in [-0.39, 0.29) is 6.61 Å². The number of amides is 3. The van der Waals surface area contributed by atoms with Crippen LogP contribution in [0.3, 0.4) is 0 Å². The van der Waals surface area contributed by atoms with Crippen LogP contribution in [0.1, 0.15) is 20.8 Å². The second-order valence-corrected chi connectivity index (χ2v) is 9.41. The summed E-state index contributed by atoms with van der Waals surface area (Å²) in [5, 5.41) is 61.4. The predicted octanol–water partition coefficient (Wildman–Crippen LogP) is -6.08. The van der Waals surface area contributed by atoms with Gasteiger partial charge in [-0.25, -0.2) is 0 Å². The number of hydrogen-bond acceptors (Lipinski definition) is 14. The van der Waals surface area contributed by atoms with Gasteiger partial charge in [0.25, 0.3) is 0 Å². The van der Waals surface area contributed by atoms with E-state index in [4.69, 9.17) is 18.9 Å². The molecule has 3 aliphatic rings. The van der Waals surface area contributed by atoms with Crippen LogP contribution in [0, 0.1) is 0 Å². The maximum atomic E-state index is 12.7. The minimum absolute atomic E-state index is 0.121.